The molecule has 2 fully saturated rings. The van der Waals surface area contributed by atoms with E-state index in [-0.39, 0.29) is 12.2 Å². The van der Waals surface area contributed by atoms with E-state index in [0.29, 0.717) is 5.92 Å². The van der Waals surface area contributed by atoms with Crippen LogP contribution < -0.4 is 0 Å². The maximum Gasteiger partial charge on any atom is 0.163 e. The van der Waals surface area contributed by atoms with E-state index in [1.807, 2.05) is 13.8 Å². The summed E-state index contributed by atoms with van der Waals surface area (Å²) in [7, 11) is 0. The van der Waals surface area contributed by atoms with Gasteiger partial charge in [0.1, 0.15) is 11.5 Å². The molecule has 0 aromatic rings. The van der Waals surface area contributed by atoms with Crippen LogP contribution in [-0.4, -0.2) is 34.3 Å². The number of thioether (sulfide) groups is 1. The van der Waals surface area contributed by atoms with Crippen molar-refractivity contribution in [3.8, 4) is 0 Å². The maximum atomic E-state index is 9.69. The Balaban J connectivity index is 2.14. The first-order valence-electron chi connectivity index (χ1n) is 4.65. The number of fused-ring (bicyclic) bond motifs is 1. The molecule has 2 aliphatic rings. The Morgan fingerprint density at radius 1 is 1.31 bits per heavy atom. The molecule has 1 N–H and O–H groups in total. The smallest absolute Gasteiger partial charge is 0.163 e. The molecule has 0 aromatic heterocycles. The minimum absolute atomic E-state index is 0.0613. The van der Waals surface area contributed by atoms with Crippen LogP contribution in [0, 0.1) is 5.92 Å². The van der Waals surface area contributed by atoms with Gasteiger partial charge in [0.25, 0.3) is 0 Å². The summed E-state index contributed by atoms with van der Waals surface area (Å²) in [4.78, 5) is 0. The van der Waals surface area contributed by atoms with Gasteiger partial charge in [-0.25, -0.2) is 0 Å². The van der Waals surface area contributed by atoms with Crippen LogP contribution in [0.2, 0.25) is 0 Å². The SMILES string of the molecule is CC1CSC(O)C2OC(C)(C)OC12. The summed E-state index contributed by atoms with van der Waals surface area (Å²) < 4.78 is 11.4. The second-order valence-electron chi connectivity index (χ2n) is 4.27. The molecule has 13 heavy (non-hydrogen) atoms. The van der Waals surface area contributed by atoms with Gasteiger partial charge in [-0.15, -0.1) is 11.8 Å². The Morgan fingerprint density at radius 3 is 2.54 bits per heavy atom. The summed E-state index contributed by atoms with van der Waals surface area (Å²) in [6.45, 7) is 5.94. The fourth-order valence-electron chi connectivity index (χ4n) is 1.92. The predicted octanol–water partition coefficient (Wildman–Crippen LogP) is 1.21. The van der Waals surface area contributed by atoms with Gasteiger partial charge >= 0.3 is 0 Å². The molecule has 2 aliphatic heterocycles. The lowest BCUT2D eigenvalue weighted by molar-refractivity contribution is -0.152. The van der Waals surface area contributed by atoms with Gasteiger partial charge in [0.15, 0.2) is 5.79 Å². The number of ether oxygens (including phenoxy) is 2. The number of aliphatic hydroxyl groups excluding tert-OH is 1. The minimum Gasteiger partial charge on any atom is -0.380 e. The van der Waals surface area contributed by atoms with E-state index in [9.17, 15) is 5.11 Å². The highest BCUT2D eigenvalue weighted by molar-refractivity contribution is 7.99. The van der Waals surface area contributed by atoms with Crippen molar-refractivity contribution in [1.82, 2.24) is 0 Å². The first kappa shape index (κ1) is 9.77. The summed E-state index contributed by atoms with van der Waals surface area (Å²) in [6, 6.07) is 0. The Labute approximate surface area is 82.8 Å². The van der Waals surface area contributed by atoms with E-state index in [0.717, 1.165) is 5.75 Å². The van der Waals surface area contributed by atoms with Crippen molar-refractivity contribution in [2.45, 2.75) is 44.2 Å². The molecule has 0 amide bonds. The third-order valence-electron chi connectivity index (χ3n) is 2.54. The van der Waals surface area contributed by atoms with Gasteiger partial charge in [-0.1, -0.05) is 6.92 Å². The van der Waals surface area contributed by atoms with Crippen LogP contribution >= 0.6 is 11.8 Å². The summed E-state index contributed by atoms with van der Waals surface area (Å²) >= 11 is 1.55. The molecule has 2 rings (SSSR count). The fourth-order valence-corrected chi connectivity index (χ4v) is 3.01. The molecule has 2 saturated heterocycles. The van der Waals surface area contributed by atoms with Crippen molar-refractivity contribution < 1.29 is 14.6 Å². The molecule has 0 aliphatic carbocycles. The molecule has 0 saturated carbocycles. The van der Waals surface area contributed by atoms with Crippen LogP contribution in [0.1, 0.15) is 20.8 Å². The molecule has 76 valence electrons. The van der Waals surface area contributed by atoms with Gasteiger partial charge in [-0.2, -0.15) is 0 Å². The number of hydrogen-bond acceptors (Lipinski definition) is 4. The molecule has 4 heteroatoms. The highest BCUT2D eigenvalue weighted by Gasteiger charge is 2.49. The second kappa shape index (κ2) is 3.12. The van der Waals surface area contributed by atoms with Gasteiger partial charge in [0, 0.05) is 5.75 Å². The van der Waals surface area contributed by atoms with Crippen LogP contribution in [0.4, 0.5) is 0 Å². The van der Waals surface area contributed by atoms with Crippen LogP contribution in [-0.2, 0) is 9.47 Å². The summed E-state index contributed by atoms with van der Waals surface area (Å²) in [5.41, 5.74) is -0.428. The molecule has 4 unspecified atom stereocenters. The molecular weight excluding hydrogens is 188 g/mol. The first-order chi connectivity index (χ1) is 5.99. The largest absolute Gasteiger partial charge is 0.380 e. The minimum atomic E-state index is -0.532. The normalized spacial score (nSPS) is 48.9. The number of aliphatic hydroxyl groups is 1. The fraction of sp³-hybridized carbons (Fsp3) is 1.00. The number of hydrogen-bond donors (Lipinski definition) is 1. The lowest BCUT2D eigenvalue weighted by Crippen LogP contribution is -2.42. The van der Waals surface area contributed by atoms with Gasteiger partial charge in [0.2, 0.25) is 0 Å². The van der Waals surface area contributed by atoms with E-state index in [1.165, 1.54) is 0 Å². The van der Waals surface area contributed by atoms with E-state index in [1.54, 1.807) is 11.8 Å². The van der Waals surface area contributed by atoms with E-state index in [2.05, 4.69) is 6.92 Å². The molecule has 3 nitrogen and oxygen atoms in total. The zero-order valence-electron chi connectivity index (χ0n) is 8.19. The highest BCUT2D eigenvalue weighted by Crippen LogP contribution is 2.41. The molecule has 0 aromatic carbocycles. The quantitative estimate of drug-likeness (QED) is 0.643. The van der Waals surface area contributed by atoms with Crippen LogP contribution in [0.3, 0.4) is 0 Å². The third-order valence-corrected chi connectivity index (χ3v) is 3.86. The zero-order chi connectivity index (χ0) is 9.64. The average Bonchev–Trinajstić information content (AvgIpc) is 2.35. The Bertz CT molecular complexity index is 187. The average molecular weight is 204 g/mol. The zero-order valence-corrected chi connectivity index (χ0v) is 9.00. The third kappa shape index (κ3) is 1.73. The van der Waals surface area contributed by atoms with Crippen LogP contribution in [0.25, 0.3) is 0 Å². The maximum absolute atomic E-state index is 9.69. The standard InChI is InChI=1S/C9H16O3S/c1-5-4-13-8(10)7-6(5)11-9(2,3)12-7/h5-8,10H,4H2,1-3H3. The van der Waals surface area contributed by atoms with Crippen LogP contribution in [0.5, 0.6) is 0 Å². The van der Waals surface area contributed by atoms with Crippen molar-refractivity contribution in [3.63, 3.8) is 0 Å². The van der Waals surface area contributed by atoms with E-state index in [4.69, 9.17) is 9.47 Å². The topological polar surface area (TPSA) is 38.7 Å². The van der Waals surface area contributed by atoms with E-state index >= 15 is 0 Å². The Hall–Kier alpha value is 0.230. The van der Waals surface area contributed by atoms with Gasteiger partial charge < -0.3 is 14.6 Å². The molecule has 0 radical (unpaired) electrons. The van der Waals surface area contributed by atoms with Crippen molar-refractivity contribution >= 4 is 11.8 Å². The van der Waals surface area contributed by atoms with Crippen molar-refractivity contribution in [1.29, 1.82) is 0 Å². The molecule has 0 spiro atoms. The summed E-state index contributed by atoms with van der Waals surface area (Å²) in [5, 5.41) is 9.69. The second-order valence-corrected chi connectivity index (χ2v) is 5.42. The molecule has 0 bridgehead atoms. The number of rotatable bonds is 0. The Kier molecular flexibility index (Phi) is 2.35. The van der Waals surface area contributed by atoms with Crippen molar-refractivity contribution in [2.24, 2.45) is 5.92 Å². The molecular formula is C9H16O3S. The first-order valence-corrected chi connectivity index (χ1v) is 5.70. The van der Waals surface area contributed by atoms with Crippen LogP contribution in [0.15, 0.2) is 0 Å². The molecule has 4 atom stereocenters. The highest BCUT2D eigenvalue weighted by atomic mass is 32.2. The summed E-state index contributed by atoms with van der Waals surface area (Å²) in [5.74, 6) is 0.872. The van der Waals surface area contributed by atoms with E-state index < -0.39 is 11.2 Å². The predicted molar refractivity (Wildman–Crippen MR) is 51.5 cm³/mol. The Morgan fingerprint density at radius 2 is 1.92 bits per heavy atom. The van der Waals surface area contributed by atoms with Gasteiger partial charge in [0.05, 0.1) is 6.10 Å². The van der Waals surface area contributed by atoms with Gasteiger partial charge in [-0.3, -0.25) is 0 Å². The lowest BCUT2D eigenvalue weighted by Gasteiger charge is -2.31. The monoisotopic (exact) mass is 204 g/mol. The summed E-state index contributed by atoms with van der Waals surface area (Å²) in [6.07, 6.45) is -0.0880. The van der Waals surface area contributed by atoms with Crippen molar-refractivity contribution in [3.05, 3.63) is 0 Å². The van der Waals surface area contributed by atoms with Crippen molar-refractivity contribution in [2.75, 3.05) is 5.75 Å². The van der Waals surface area contributed by atoms with Gasteiger partial charge in [-0.05, 0) is 19.8 Å². The lowest BCUT2D eigenvalue weighted by atomic mass is 10.0. The molecule has 2 heterocycles.